The van der Waals surface area contributed by atoms with Gasteiger partial charge >= 0.3 is 0 Å². The molecule has 170 valence electrons. The van der Waals surface area contributed by atoms with Crippen molar-refractivity contribution in [3.63, 3.8) is 0 Å². The number of ether oxygens (including phenoxy) is 2. The SMILES string of the molecule is COc1ccccc1C(=O)Nc1ccc2c(c1)CN(CCc1ccc(F)cc1)C(=O)[C@H](C)O2. The van der Waals surface area contributed by atoms with Crippen LogP contribution >= 0.6 is 0 Å². The van der Waals surface area contributed by atoms with Gasteiger partial charge in [-0.2, -0.15) is 0 Å². The molecule has 0 bridgehead atoms. The molecule has 7 heteroatoms. The van der Waals surface area contributed by atoms with E-state index in [2.05, 4.69) is 5.32 Å². The van der Waals surface area contributed by atoms with Crippen molar-refractivity contribution in [2.75, 3.05) is 19.0 Å². The van der Waals surface area contributed by atoms with Crippen LogP contribution in [0.3, 0.4) is 0 Å². The number of carbonyl (C=O) groups is 2. The van der Waals surface area contributed by atoms with E-state index >= 15 is 0 Å². The van der Waals surface area contributed by atoms with Gasteiger partial charge in [0.05, 0.1) is 12.7 Å². The zero-order valence-electron chi connectivity index (χ0n) is 18.5. The molecule has 0 saturated carbocycles. The summed E-state index contributed by atoms with van der Waals surface area (Å²) >= 11 is 0. The summed E-state index contributed by atoms with van der Waals surface area (Å²) in [5.41, 5.74) is 2.76. The number of anilines is 1. The number of amides is 2. The predicted octanol–water partition coefficient (Wildman–Crippen LogP) is 4.44. The molecular weight excluding hydrogens is 423 g/mol. The summed E-state index contributed by atoms with van der Waals surface area (Å²) in [5, 5.41) is 2.89. The molecule has 3 aromatic rings. The van der Waals surface area contributed by atoms with Crippen LogP contribution in [0, 0.1) is 5.82 Å². The number of nitrogens with zero attached hydrogens (tertiary/aromatic N) is 1. The molecule has 0 fully saturated rings. The Morgan fingerprint density at radius 3 is 2.67 bits per heavy atom. The van der Waals surface area contributed by atoms with Crippen LogP contribution in [0.15, 0.2) is 66.7 Å². The van der Waals surface area contributed by atoms with Crippen molar-refractivity contribution < 1.29 is 23.5 Å². The second-order valence-electron chi connectivity index (χ2n) is 7.87. The third-order valence-electron chi connectivity index (χ3n) is 5.58. The normalized spacial score (nSPS) is 15.3. The lowest BCUT2D eigenvalue weighted by molar-refractivity contribution is -0.137. The van der Waals surface area contributed by atoms with Crippen molar-refractivity contribution in [3.05, 3.63) is 89.2 Å². The van der Waals surface area contributed by atoms with E-state index in [1.165, 1.54) is 19.2 Å². The van der Waals surface area contributed by atoms with Crippen LogP contribution in [0.1, 0.15) is 28.4 Å². The van der Waals surface area contributed by atoms with Crippen molar-refractivity contribution in [3.8, 4) is 11.5 Å². The van der Waals surface area contributed by atoms with Crippen molar-refractivity contribution in [2.45, 2.75) is 26.0 Å². The van der Waals surface area contributed by atoms with E-state index in [0.29, 0.717) is 42.3 Å². The van der Waals surface area contributed by atoms with E-state index in [4.69, 9.17) is 9.47 Å². The maximum absolute atomic E-state index is 13.2. The average Bonchev–Trinajstić information content (AvgIpc) is 2.94. The van der Waals surface area contributed by atoms with E-state index < -0.39 is 6.10 Å². The lowest BCUT2D eigenvalue weighted by atomic mass is 10.1. The maximum atomic E-state index is 13.2. The van der Waals surface area contributed by atoms with Gasteiger partial charge in [-0.1, -0.05) is 24.3 Å². The molecule has 2 amide bonds. The van der Waals surface area contributed by atoms with E-state index in [-0.39, 0.29) is 17.6 Å². The van der Waals surface area contributed by atoms with Gasteiger partial charge in [-0.3, -0.25) is 9.59 Å². The molecule has 6 nitrogen and oxygen atoms in total. The smallest absolute Gasteiger partial charge is 0.263 e. The Bertz CT molecular complexity index is 1160. The summed E-state index contributed by atoms with van der Waals surface area (Å²) in [5.74, 6) is 0.394. The Balaban J connectivity index is 1.52. The molecule has 1 aliphatic rings. The molecule has 33 heavy (non-hydrogen) atoms. The highest BCUT2D eigenvalue weighted by molar-refractivity contribution is 6.06. The first kappa shape index (κ1) is 22.3. The van der Waals surface area contributed by atoms with Crippen molar-refractivity contribution in [1.29, 1.82) is 0 Å². The Hall–Kier alpha value is -3.87. The standard InChI is InChI=1S/C26H25FN2O4/c1-17-26(31)29(14-13-18-7-9-20(27)10-8-18)16-19-15-21(11-12-23(19)33-17)28-25(30)22-5-3-4-6-24(22)32-2/h3-12,15,17H,13-14,16H2,1-2H3,(H,28,30)/t17-/m0/s1. The largest absolute Gasteiger partial charge is 0.496 e. The van der Waals surface area contributed by atoms with Crippen LogP contribution < -0.4 is 14.8 Å². The van der Waals surface area contributed by atoms with Crippen LogP contribution in [0.4, 0.5) is 10.1 Å². The summed E-state index contributed by atoms with van der Waals surface area (Å²) in [4.78, 5) is 27.4. The Morgan fingerprint density at radius 1 is 1.15 bits per heavy atom. The molecule has 1 heterocycles. The molecule has 0 aromatic heterocycles. The van der Waals surface area contributed by atoms with Crippen molar-refractivity contribution >= 4 is 17.5 Å². The number of nitrogens with one attached hydrogen (secondary N) is 1. The topological polar surface area (TPSA) is 67.9 Å². The maximum Gasteiger partial charge on any atom is 0.263 e. The first-order valence-electron chi connectivity index (χ1n) is 10.7. The average molecular weight is 448 g/mol. The highest BCUT2D eigenvalue weighted by atomic mass is 19.1. The van der Waals surface area contributed by atoms with Crippen LogP contribution in [-0.2, 0) is 17.8 Å². The minimum absolute atomic E-state index is 0.118. The summed E-state index contributed by atoms with van der Waals surface area (Å²) in [7, 11) is 1.52. The van der Waals surface area contributed by atoms with E-state index in [1.54, 1.807) is 60.4 Å². The summed E-state index contributed by atoms with van der Waals surface area (Å²) < 4.78 is 24.3. The highest BCUT2D eigenvalue weighted by Crippen LogP contribution is 2.29. The van der Waals surface area contributed by atoms with Crippen LogP contribution in [0.2, 0.25) is 0 Å². The Kier molecular flexibility index (Phi) is 6.58. The third kappa shape index (κ3) is 5.14. The monoisotopic (exact) mass is 448 g/mol. The van der Waals surface area contributed by atoms with E-state index in [9.17, 15) is 14.0 Å². The number of methoxy groups -OCH3 is 1. The van der Waals surface area contributed by atoms with Crippen LogP contribution in [0.5, 0.6) is 11.5 Å². The van der Waals surface area contributed by atoms with Gasteiger partial charge in [0.2, 0.25) is 0 Å². The van der Waals surface area contributed by atoms with Gasteiger partial charge in [-0.15, -0.1) is 0 Å². The molecule has 0 saturated heterocycles. The molecule has 0 radical (unpaired) electrons. The molecule has 1 N–H and O–H groups in total. The lowest BCUT2D eigenvalue weighted by Gasteiger charge is -2.22. The highest BCUT2D eigenvalue weighted by Gasteiger charge is 2.28. The zero-order valence-corrected chi connectivity index (χ0v) is 18.5. The molecule has 3 aromatic carbocycles. The minimum Gasteiger partial charge on any atom is -0.496 e. The van der Waals surface area contributed by atoms with Crippen LogP contribution in [-0.4, -0.2) is 36.5 Å². The van der Waals surface area contributed by atoms with Gasteiger partial charge in [0.1, 0.15) is 17.3 Å². The zero-order chi connectivity index (χ0) is 23.4. The molecule has 1 aliphatic heterocycles. The van der Waals surface area contributed by atoms with Gasteiger partial charge < -0.3 is 19.7 Å². The van der Waals surface area contributed by atoms with Gasteiger partial charge in [0, 0.05) is 24.3 Å². The number of fused-ring (bicyclic) bond motifs is 1. The van der Waals surface area contributed by atoms with Gasteiger partial charge in [-0.25, -0.2) is 4.39 Å². The fraction of sp³-hybridized carbons (Fsp3) is 0.231. The minimum atomic E-state index is -0.631. The molecule has 0 aliphatic carbocycles. The number of hydrogen-bond donors (Lipinski definition) is 1. The third-order valence-corrected chi connectivity index (χ3v) is 5.58. The summed E-state index contributed by atoms with van der Waals surface area (Å²) in [6.45, 7) is 2.53. The molecule has 1 atom stereocenters. The quantitative estimate of drug-likeness (QED) is 0.606. The Morgan fingerprint density at radius 2 is 1.91 bits per heavy atom. The van der Waals surface area contributed by atoms with Crippen molar-refractivity contribution in [1.82, 2.24) is 4.90 Å². The fourth-order valence-corrected chi connectivity index (χ4v) is 3.81. The second kappa shape index (κ2) is 9.73. The number of hydrogen-bond acceptors (Lipinski definition) is 4. The van der Waals surface area contributed by atoms with E-state index in [1.807, 2.05) is 6.07 Å². The van der Waals surface area contributed by atoms with Gasteiger partial charge in [-0.05, 0) is 61.4 Å². The first-order valence-corrected chi connectivity index (χ1v) is 10.7. The number of carbonyl (C=O) groups excluding carboxylic acids is 2. The van der Waals surface area contributed by atoms with Gasteiger partial charge in [0.15, 0.2) is 6.10 Å². The first-order chi connectivity index (χ1) is 15.9. The molecular formula is C26H25FN2O4. The summed E-state index contributed by atoms with van der Waals surface area (Å²) in [6, 6.07) is 18.6. The number of benzene rings is 3. The fourth-order valence-electron chi connectivity index (χ4n) is 3.81. The number of rotatable bonds is 6. The number of halogens is 1. The van der Waals surface area contributed by atoms with Crippen molar-refractivity contribution in [2.24, 2.45) is 0 Å². The van der Waals surface area contributed by atoms with E-state index in [0.717, 1.165) is 11.1 Å². The molecule has 4 rings (SSSR count). The number of para-hydroxylation sites is 1. The van der Waals surface area contributed by atoms with Crippen LogP contribution in [0.25, 0.3) is 0 Å². The summed E-state index contributed by atoms with van der Waals surface area (Å²) in [6.07, 6.45) is -0.0355. The Labute approximate surface area is 191 Å². The second-order valence-corrected chi connectivity index (χ2v) is 7.87. The van der Waals surface area contributed by atoms with Gasteiger partial charge in [0.25, 0.3) is 11.8 Å². The molecule has 0 spiro atoms. The molecule has 0 unspecified atom stereocenters. The lowest BCUT2D eigenvalue weighted by Crippen LogP contribution is -2.39. The predicted molar refractivity (Wildman–Crippen MR) is 123 cm³/mol.